The highest BCUT2D eigenvalue weighted by Crippen LogP contribution is 2.16. The van der Waals surface area contributed by atoms with E-state index in [-0.39, 0.29) is 0 Å². The Morgan fingerprint density at radius 3 is 3.00 bits per heavy atom. The highest BCUT2D eigenvalue weighted by atomic mass is 32.2. The maximum atomic E-state index is 5.44. The summed E-state index contributed by atoms with van der Waals surface area (Å²) < 4.78 is 0. The number of tetrazole rings is 1. The summed E-state index contributed by atoms with van der Waals surface area (Å²) in [5.74, 6) is 6.15. The molecule has 0 radical (unpaired) electrons. The van der Waals surface area contributed by atoms with Gasteiger partial charge in [-0.05, 0) is 22.6 Å². The molecule has 2 heterocycles. The van der Waals surface area contributed by atoms with Crippen LogP contribution in [0.4, 0.5) is 0 Å². The molecular formula is C7H8N6S. The molecule has 0 saturated heterocycles. The van der Waals surface area contributed by atoms with Crippen LogP contribution in [-0.4, -0.2) is 25.3 Å². The third-order valence-corrected chi connectivity index (χ3v) is 2.50. The fourth-order valence-corrected chi connectivity index (χ4v) is 1.61. The maximum Gasteiger partial charge on any atom is 0.230 e. The molecule has 0 aliphatic rings. The standard InChI is InChI=1S/C7H8N6S/c8-13-7(10-11-12-13)14-5-6-3-1-2-4-9-6/h1-4H,5,8H2. The Bertz CT molecular complexity index is 400. The van der Waals surface area contributed by atoms with Crippen LogP contribution in [0.2, 0.25) is 0 Å². The molecule has 2 aromatic heterocycles. The van der Waals surface area contributed by atoms with Gasteiger partial charge in [-0.15, -0.1) is 4.79 Å². The van der Waals surface area contributed by atoms with Crippen molar-refractivity contribution in [3.8, 4) is 0 Å². The van der Waals surface area contributed by atoms with Gasteiger partial charge < -0.3 is 5.84 Å². The second-order valence-corrected chi connectivity index (χ2v) is 3.46. The Morgan fingerprint density at radius 1 is 1.43 bits per heavy atom. The van der Waals surface area contributed by atoms with E-state index in [2.05, 4.69) is 20.5 Å². The summed E-state index contributed by atoms with van der Waals surface area (Å²) in [5, 5.41) is 11.3. The van der Waals surface area contributed by atoms with Crippen LogP contribution in [0.3, 0.4) is 0 Å². The average Bonchev–Trinajstić information content (AvgIpc) is 2.63. The summed E-state index contributed by atoms with van der Waals surface area (Å²) in [6, 6.07) is 5.76. The Kier molecular flexibility index (Phi) is 2.59. The Labute approximate surface area is 84.5 Å². The minimum Gasteiger partial charge on any atom is -0.319 e. The minimum absolute atomic E-state index is 0.579. The van der Waals surface area contributed by atoms with Crippen LogP contribution in [0, 0.1) is 0 Å². The number of rotatable bonds is 3. The van der Waals surface area contributed by atoms with Crippen molar-refractivity contribution >= 4 is 11.8 Å². The van der Waals surface area contributed by atoms with Crippen molar-refractivity contribution < 1.29 is 0 Å². The molecule has 2 rings (SSSR count). The molecule has 0 unspecified atom stereocenters. The number of nitrogen functional groups attached to an aromatic ring is 1. The molecule has 0 bridgehead atoms. The van der Waals surface area contributed by atoms with Gasteiger partial charge in [-0.3, -0.25) is 4.98 Å². The highest BCUT2D eigenvalue weighted by Gasteiger charge is 2.03. The Morgan fingerprint density at radius 2 is 2.36 bits per heavy atom. The fraction of sp³-hybridized carbons (Fsp3) is 0.143. The molecule has 6 nitrogen and oxygen atoms in total. The minimum atomic E-state index is 0.579. The molecule has 0 atom stereocenters. The predicted octanol–water partition coefficient (Wildman–Crippen LogP) is 0.0742. The Hall–Kier alpha value is -1.63. The van der Waals surface area contributed by atoms with Crippen molar-refractivity contribution in [1.29, 1.82) is 0 Å². The second-order valence-electron chi connectivity index (χ2n) is 2.52. The van der Waals surface area contributed by atoms with E-state index < -0.39 is 0 Å². The lowest BCUT2D eigenvalue weighted by Crippen LogP contribution is -2.11. The molecule has 0 amide bonds. The summed E-state index contributed by atoms with van der Waals surface area (Å²) in [6.07, 6.45) is 1.75. The van der Waals surface area contributed by atoms with E-state index in [0.29, 0.717) is 10.9 Å². The monoisotopic (exact) mass is 208 g/mol. The molecular weight excluding hydrogens is 200 g/mol. The molecule has 14 heavy (non-hydrogen) atoms. The van der Waals surface area contributed by atoms with Crippen LogP contribution < -0.4 is 5.84 Å². The number of nitrogens with zero attached hydrogens (tertiary/aromatic N) is 5. The Balaban J connectivity index is 1.99. The number of nitrogens with two attached hydrogens (primary N) is 1. The first-order valence-corrected chi connectivity index (χ1v) is 4.91. The fourth-order valence-electron chi connectivity index (χ4n) is 0.902. The summed E-state index contributed by atoms with van der Waals surface area (Å²) in [6.45, 7) is 0. The van der Waals surface area contributed by atoms with Gasteiger partial charge in [0.2, 0.25) is 5.16 Å². The largest absolute Gasteiger partial charge is 0.319 e. The van der Waals surface area contributed by atoms with Crippen LogP contribution in [0.5, 0.6) is 0 Å². The summed E-state index contributed by atoms with van der Waals surface area (Å²) >= 11 is 1.45. The van der Waals surface area contributed by atoms with Gasteiger partial charge >= 0.3 is 0 Å². The van der Waals surface area contributed by atoms with Crippen molar-refractivity contribution in [1.82, 2.24) is 25.3 Å². The topological polar surface area (TPSA) is 82.5 Å². The van der Waals surface area contributed by atoms with Crippen LogP contribution >= 0.6 is 11.8 Å². The molecule has 0 spiro atoms. The van der Waals surface area contributed by atoms with Gasteiger partial charge in [-0.2, -0.15) is 0 Å². The molecule has 0 fully saturated rings. The number of aromatic nitrogens is 5. The smallest absolute Gasteiger partial charge is 0.230 e. The lowest BCUT2D eigenvalue weighted by atomic mass is 10.4. The number of pyridine rings is 1. The van der Waals surface area contributed by atoms with E-state index in [1.807, 2.05) is 18.2 Å². The third-order valence-electron chi connectivity index (χ3n) is 1.54. The van der Waals surface area contributed by atoms with Crippen LogP contribution in [0.25, 0.3) is 0 Å². The summed E-state index contributed by atoms with van der Waals surface area (Å²) in [5.41, 5.74) is 0.973. The van der Waals surface area contributed by atoms with E-state index in [1.54, 1.807) is 6.20 Å². The molecule has 7 heteroatoms. The molecule has 0 aliphatic carbocycles. The quantitative estimate of drug-likeness (QED) is 0.568. The van der Waals surface area contributed by atoms with Gasteiger partial charge in [0.15, 0.2) is 0 Å². The molecule has 2 N–H and O–H groups in total. The van der Waals surface area contributed by atoms with Crippen molar-refractivity contribution in [3.63, 3.8) is 0 Å². The zero-order chi connectivity index (χ0) is 9.80. The molecule has 72 valence electrons. The molecule has 0 aliphatic heterocycles. The van der Waals surface area contributed by atoms with E-state index >= 15 is 0 Å². The maximum absolute atomic E-state index is 5.44. The van der Waals surface area contributed by atoms with E-state index in [4.69, 9.17) is 5.84 Å². The summed E-state index contributed by atoms with van der Waals surface area (Å²) in [7, 11) is 0. The number of thioether (sulfide) groups is 1. The van der Waals surface area contributed by atoms with Crippen LogP contribution in [0.15, 0.2) is 29.6 Å². The lowest BCUT2D eigenvalue weighted by Gasteiger charge is -1.97. The lowest BCUT2D eigenvalue weighted by molar-refractivity contribution is 0.716. The van der Waals surface area contributed by atoms with Gasteiger partial charge in [0.05, 0.1) is 5.69 Å². The summed E-state index contributed by atoms with van der Waals surface area (Å²) in [4.78, 5) is 5.31. The number of hydrogen-bond donors (Lipinski definition) is 1. The number of hydrogen-bond acceptors (Lipinski definition) is 6. The highest BCUT2D eigenvalue weighted by molar-refractivity contribution is 7.98. The van der Waals surface area contributed by atoms with Gasteiger partial charge in [0, 0.05) is 11.9 Å². The van der Waals surface area contributed by atoms with Gasteiger partial charge in [-0.25, -0.2) is 0 Å². The third kappa shape index (κ3) is 1.99. The average molecular weight is 208 g/mol. The van der Waals surface area contributed by atoms with Crippen molar-refractivity contribution in [3.05, 3.63) is 30.1 Å². The van der Waals surface area contributed by atoms with Crippen LogP contribution in [0.1, 0.15) is 5.69 Å². The van der Waals surface area contributed by atoms with Crippen molar-refractivity contribution in [2.24, 2.45) is 0 Å². The van der Waals surface area contributed by atoms with Crippen LogP contribution in [-0.2, 0) is 5.75 Å². The SMILES string of the molecule is Nn1nnnc1SCc1ccccn1. The van der Waals surface area contributed by atoms with E-state index in [0.717, 1.165) is 10.5 Å². The van der Waals surface area contributed by atoms with Gasteiger partial charge in [0.25, 0.3) is 0 Å². The zero-order valence-corrected chi connectivity index (χ0v) is 8.05. The first-order chi connectivity index (χ1) is 6.86. The first-order valence-electron chi connectivity index (χ1n) is 3.92. The molecule has 0 saturated carbocycles. The molecule has 0 aromatic carbocycles. The van der Waals surface area contributed by atoms with Crippen molar-refractivity contribution in [2.75, 3.05) is 5.84 Å². The van der Waals surface area contributed by atoms with Gasteiger partial charge in [0.1, 0.15) is 0 Å². The van der Waals surface area contributed by atoms with E-state index in [1.165, 1.54) is 11.8 Å². The normalized spacial score (nSPS) is 10.3. The molecule has 2 aromatic rings. The zero-order valence-electron chi connectivity index (χ0n) is 7.24. The second kappa shape index (κ2) is 4.05. The van der Waals surface area contributed by atoms with E-state index in [9.17, 15) is 0 Å². The van der Waals surface area contributed by atoms with Crippen molar-refractivity contribution in [2.45, 2.75) is 10.9 Å². The van der Waals surface area contributed by atoms with Gasteiger partial charge in [-0.1, -0.05) is 22.9 Å². The first kappa shape index (κ1) is 8.95. The predicted molar refractivity (Wildman–Crippen MR) is 51.8 cm³/mol.